The summed E-state index contributed by atoms with van der Waals surface area (Å²) in [5.74, 6) is 0.993. The van der Waals surface area contributed by atoms with Crippen molar-refractivity contribution in [2.75, 3.05) is 18.1 Å². The van der Waals surface area contributed by atoms with Crippen LogP contribution in [0.15, 0.2) is 12.4 Å². The van der Waals surface area contributed by atoms with Crippen molar-refractivity contribution in [3.05, 3.63) is 17.3 Å². The van der Waals surface area contributed by atoms with E-state index in [0.29, 0.717) is 0 Å². The van der Waals surface area contributed by atoms with E-state index in [9.17, 15) is 5.11 Å². The van der Waals surface area contributed by atoms with E-state index >= 15 is 0 Å². The summed E-state index contributed by atoms with van der Waals surface area (Å²) in [6.45, 7) is 3.34. The van der Waals surface area contributed by atoms with Gasteiger partial charge in [-0.1, -0.05) is 6.92 Å². The van der Waals surface area contributed by atoms with Crippen LogP contribution in [0.4, 0.5) is 5.82 Å². The van der Waals surface area contributed by atoms with Gasteiger partial charge in [0.1, 0.15) is 17.0 Å². The summed E-state index contributed by atoms with van der Waals surface area (Å²) in [5.41, 5.74) is 0. The van der Waals surface area contributed by atoms with Gasteiger partial charge in [-0.05, 0) is 25.3 Å². The maximum atomic E-state index is 9.44. The zero-order valence-electron chi connectivity index (χ0n) is 10.5. The van der Waals surface area contributed by atoms with Crippen molar-refractivity contribution in [3.8, 4) is 0 Å². The van der Waals surface area contributed by atoms with Gasteiger partial charge < -0.3 is 10.0 Å². The van der Waals surface area contributed by atoms with Crippen LogP contribution in [0.25, 0.3) is 10.2 Å². The van der Waals surface area contributed by atoms with Crippen molar-refractivity contribution in [1.29, 1.82) is 0 Å². The van der Waals surface area contributed by atoms with E-state index in [1.807, 2.05) is 0 Å². The summed E-state index contributed by atoms with van der Waals surface area (Å²) in [5, 5.41) is 10.6. The average Bonchev–Trinajstić information content (AvgIpc) is 3.03. The number of aromatic nitrogens is 2. The highest BCUT2D eigenvalue weighted by Gasteiger charge is 2.26. The van der Waals surface area contributed by atoms with E-state index in [1.165, 1.54) is 4.88 Å². The first-order valence-electron chi connectivity index (χ1n) is 6.44. The molecule has 0 bridgehead atoms. The third-order valence-corrected chi connectivity index (χ3v) is 4.76. The van der Waals surface area contributed by atoms with Gasteiger partial charge in [0.2, 0.25) is 0 Å². The molecule has 0 aliphatic carbocycles. The molecule has 1 N–H and O–H groups in total. The zero-order chi connectivity index (χ0) is 12.5. The van der Waals surface area contributed by atoms with E-state index < -0.39 is 0 Å². The Kier molecular flexibility index (Phi) is 3.18. The number of rotatable bonds is 3. The van der Waals surface area contributed by atoms with Crippen molar-refractivity contribution in [2.45, 2.75) is 32.2 Å². The van der Waals surface area contributed by atoms with Crippen molar-refractivity contribution in [3.63, 3.8) is 0 Å². The van der Waals surface area contributed by atoms with Gasteiger partial charge in [0, 0.05) is 11.4 Å². The molecule has 1 aliphatic rings. The number of fused-ring (bicyclic) bond motifs is 1. The Morgan fingerprint density at radius 1 is 1.50 bits per heavy atom. The number of thiophene rings is 1. The van der Waals surface area contributed by atoms with E-state index in [2.05, 4.69) is 27.9 Å². The molecule has 0 aromatic carbocycles. The highest BCUT2D eigenvalue weighted by Crippen LogP contribution is 2.33. The van der Waals surface area contributed by atoms with E-state index in [4.69, 9.17) is 0 Å². The molecule has 3 heterocycles. The first kappa shape index (κ1) is 11.9. The summed E-state index contributed by atoms with van der Waals surface area (Å²) >= 11 is 1.74. The minimum Gasteiger partial charge on any atom is -0.394 e. The number of hydrogen-bond acceptors (Lipinski definition) is 5. The predicted octanol–water partition coefficient (Wildman–Crippen LogP) is 2.21. The number of nitrogens with zero attached hydrogens (tertiary/aromatic N) is 3. The van der Waals surface area contributed by atoms with Crippen LogP contribution < -0.4 is 4.90 Å². The van der Waals surface area contributed by atoms with Gasteiger partial charge in [0.05, 0.1) is 18.0 Å². The summed E-state index contributed by atoms with van der Waals surface area (Å²) in [6, 6.07) is 2.41. The van der Waals surface area contributed by atoms with E-state index in [-0.39, 0.29) is 12.6 Å². The molecule has 0 amide bonds. The van der Waals surface area contributed by atoms with Gasteiger partial charge in [0.25, 0.3) is 0 Å². The smallest absolute Gasteiger partial charge is 0.141 e. The Labute approximate surface area is 110 Å². The normalized spacial score (nSPS) is 19.9. The highest BCUT2D eigenvalue weighted by molar-refractivity contribution is 7.18. The third kappa shape index (κ3) is 1.87. The standard InChI is InChI=1S/C13H17N3OS/c1-2-10-6-11-12(14-8-15-13(11)18-10)16-5-3-4-9(16)7-17/h6,8-9,17H,2-5,7H2,1H3/t9-/m1/s1. The number of anilines is 1. The molecule has 96 valence electrons. The van der Waals surface area contributed by atoms with Gasteiger partial charge in [-0.15, -0.1) is 11.3 Å². The van der Waals surface area contributed by atoms with Crippen LogP contribution in [-0.2, 0) is 6.42 Å². The second-order valence-electron chi connectivity index (χ2n) is 4.65. The van der Waals surface area contributed by atoms with Crippen LogP contribution in [0.1, 0.15) is 24.6 Å². The molecule has 0 saturated carbocycles. The molecule has 0 spiro atoms. The second-order valence-corrected chi connectivity index (χ2v) is 5.77. The fourth-order valence-electron chi connectivity index (χ4n) is 2.60. The fourth-order valence-corrected chi connectivity index (χ4v) is 3.53. The molecule has 1 fully saturated rings. The van der Waals surface area contributed by atoms with E-state index in [1.54, 1.807) is 17.7 Å². The molecule has 0 unspecified atom stereocenters. The molecule has 4 nitrogen and oxygen atoms in total. The van der Waals surface area contributed by atoms with Crippen molar-refractivity contribution in [1.82, 2.24) is 9.97 Å². The first-order chi connectivity index (χ1) is 8.83. The van der Waals surface area contributed by atoms with Gasteiger partial charge >= 0.3 is 0 Å². The molecule has 1 atom stereocenters. The Balaban J connectivity index is 2.07. The molecule has 0 radical (unpaired) electrons. The van der Waals surface area contributed by atoms with Crippen LogP contribution in [0.5, 0.6) is 0 Å². The van der Waals surface area contributed by atoms with Crippen molar-refractivity contribution in [2.24, 2.45) is 0 Å². The average molecular weight is 263 g/mol. The predicted molar refractivity (Wildman–Crippen MR) is 74.2 cm³/mol. The van der Waals surface area contributed by atoms with Crippen LogP contribution in [0, 0.1) is 0 Å². The molecule has 5 heteroatoms. The number of aliphatic hydroxyl groups is 1. The summed E-state index contributed by atoms with van der Waals surface area (Å²) < 4.78 is 0. The molecular formula is C13H17N3OS. The molecular weight excluding hydrogens is 246 g/mol. The first-order valence-corrected chi connectivity index (χ1v) is 7.26. The molecule has 3 rings (SSSR count). The third-order valence-electron chi connectivity index (χ3n) is 3.57. The lowest BCUT2D eigenvalue weighted by Gasteiger charge is -2.24. The minimum absolute atomic E-state index is 0.205. The number of aliphatic hydroxyl groups excluding tert-OH is 1. The van der Waals surface area contributed by atoms with Gasteiger partial charge in [-0.3, -0.25) is 0 Å². The quantitative estimate of drug-likeness (QED) is 0.922. The Bertz CT molecular complexity index is 554. The minimum atomic E-state index is 0.205. The lowest BCUT2D eigenvalue weighted by atomic mass is 10.2. The van der Waals surface area contributed by atoms with Crippen LogP contribution in [-0.4, -0.2) is 34.3 Å². The molecule has 2 aromatic heterocycles. The monoisotopic (exact) mass is 263 g/mol. The van der Waals surface area contributed by atoms with Crippen molar-refractivity contribution >= 4 is 27.4 Å². The van der Waals surface area contributed by atoms with Crippen LogP contribution in [0.2, 0.25) is 0 Å². The lowest BCUT2D eigenvalue weighted by Crippen LogP contribution is -2.32. The Hall–Kier alpha value is -1.20. The fraction of sp³-hybridized carbons (Fsp3) is 0.538. The van der Waals surface area contributed by atoms with Crippen LogP contribution in [0.3, 0.4) is 0 Å². The molecule has 1 aliphatic heterocycles. The second kappa shape index (κ2) is 4.82. The number of hydrogen-bond donors (Lipinski definition) is 1. The summed E-state index contributed by atoms with van der Waals surface area (Å²) in [7, 11) is 0. The van der Waals surface area contributed by atoms with E-state index in [0.717, 1.165) is 41.8 Å². The maximum Gasteiger partial charge on any atom is 0.141 e. The van der Waals surface area contributed by atoms with Gasteiger partial charge in [-0.25, -0.2) is 9.97 Å². The Morgan fingerprint density at radius 2 is 2.39 bits per heavy atom. The number of aryl methyl sites for hydroxylation is 1. The largest absolute Gasteiger partial charge is 0.394 e. The SMILES string of the molecule is CCc1cc2c(N3CCC[C@@H]3CO)ncnc2s1. The molecule has 1 saturated heterocycles. The lowest BCUT2D eigenvalue weighted by molar-refractivity contribution is 0.266. The summed E-state index contributed by atoms with van der Waals surface area (Å²) in [6.07, 6.45) is 4.85. The topological polar surface area (TPSA) is 49.2 Å². The van der Waals surface area contributed by atoms with Gasteiger partial charge in [-0.2, -0.15) is 0 Å². The van der Waals surface area contributed by atoms with Crippen molar-refractivity contribution < 1.29 is 5.11 Å². The van der Waals surface area contributed by atoms with Gasteiger partial charge in [0.15, 0.2) is 0 Å². The summed E-state index contributed by atoms with van der Waals surface area (Å²) in [4.78, 5) is 13.4. The van der Waals surface area contributed by atoms with Crippen LogP contribution >= 0.6 is 11.3 Å². The maximum absolute atomic E-state index is 9.44. The molecule has 18 heavy (non-hydrogen) atoms. The zero-order valence-corrected chi connectivity index (χ0v) is 11.3. The Morgan fingerprint density at radius 3 is 3.17 bits per heavy atom. The molecule has 2 aromatic rings. The highest BCUT2D eigenvalue weighted by atomic mass is 32.1.